The monoisotopic (exact) mass is 326 g/mol. The van der Waals surface area contributed by atoms with Crippen molar-refractivity contribution in [3.05, 3.63) is 60.7 Å². The van der Waals surface area contributed by atoms with E-state index in [-0.39, 0.29) is 17.4 Å². The summed E-state index contributed by atoms with van der Waals surface area (Å²) in [6.07, 6.45) is 3.84. The molecule has 2 aromatic carbocycles. The number of benzene rings is 2. The zero-order valence-corrected chi connectivity index (χ0v) is 14.4. The predicted octanol–water partition coefficient (Wildman–Crippen LogP) is 4.15. The van der Waals surface area contributed by atoms with Gasteiger partial charge < -0.3 is 4.57 Å². The maximum Gasteiger partial charge on any atom is 0.146 e. The van der Waals surface area contributed by atoms with E-state index in [1.54, 1.807) is 6.92 Å². The smallest absolute Gasteiger partial charge is 0.146 e. The standard InChI is InChI=1S/C20H23O2P/c1-16(21)19-14-8-9-15-20(19)23(22,17-10-4-2-5-11-17)18-12-6-3-7-13-18/h2-7,10-13,19-20H,8-9,14-15H2,1H3. The highest BCUT2D eigenvalue weighted by Gasteiger charge is 2.43. The van der Waals surface area contributed by atoms with Gasteiger partial charge in [-0.3, -0.25) is 4.79 Å². The summed E-state index contributed by atoms with van der Waals surface area (Å²) in [5.41, 5.74) is -0.0708. The topological polar surface area (TPSA) is 34.1 Å². The van der Waals surface area contributed by atoms with Gasteiger partial charge in [-0.25, -0.2) is 0 Å². The lowest BCUT2D eigenvalue weighted by molar-refractivity contribution is -0.121. The van der Waals surface area contributed by atoms with Crippen molar-refractivity contribution in [1.29, 1.82) is 0 Å². The van der Waals surface area contributed by atoms with E-state index in [9.17, 15) is 9.36 Å². The first-order chi connectivity index (χ1) is 11.1. The average Bonchev–Trinajstić information content (AvgIpc) is 2.62. The molecule has 0 N–H and O–H groups in total. The zero-order valence-electron chi connectivity index (χ0n) is 13.5. The molecule has 1 fully saturated rings. The van der Waals surface area contributed by atoms with Crippen LogP contribution in [0.4, 0.5) is 0 Å². The summed E-state index contributed by atoms with van der Waals surface area (Å²) in [6, 6.07) is 19.5. The third-order valence-electron chi connectivity index (χ3n) is 5.00. The molecule has 1 aliphatic rings. The summed E-state index contributed by atoms with van der Waals surface area (Å²) in [7, 11) is -2.83. The highest BCUT2D eigenvalue weighted by molar-refractivity contribution is 7.79. The van der Waals surface area contributed by atoms with Gasteiger partial charge >= 0.3 is 0 Å². The van der Waals surface area contributed by atoms with Crippen LogP contribution in [0.5, 0.6) is 0 Å². The first-order valence-corrected chi connectivity index (χ1v) is 10.1. The molecule has 3 heteroatoms. The molecule has 0 bridgehead atoms. The van der Waals surface area contributed by atoms with Gasteiger partial charge in [-0.05, 0) is 19.8 Å². The Hall–Kier alpha value is -1.66. The average molecular weight is 326 g/mol. The number of Topliss-reactive ketones (excluding diaryl/α,β-unsaturated/α-hetero) is 1. The maximum absolute atomic E-state index is 14.3. The summed E-state index contributed by atoms with van der Waals surface area (Å²) in [4.78, 5) is 12.2. The first kappa shape index (κ1) is 16.2. The minimum Gasteiger partial charge on any atom is -0.313 e. The molecular weight excluding hydrogens is 303 g/mol. The van der Waals surface area contributed by atoms with Crippen LogP contribution in [0.1, 0.15) is 32.6 Å². The fourth-order valence-corrected chi connectivity index (χ4v) is 7.56. The third kappa shape index (κ3) is 3.05. The van der Waals surface area contributed by atoms with Crippen LogP contribution in [-0.4, -0.2) is 11.4 Å². The van der Waals surface area contributed by atoms with E-state index in [0.29, 0.717) is 0 Å². The van der Waals surface area contributed by atoms with Crippen LogP contribution in [0.3, 0.4) is 0 Å². The Morgan fingerprint density at radius 1 is 0.870 bits per heavy atom. The molecule has 23 heavy (non-hydrogen) atoms. The molecule has 120 valence electrons. The van der Waals surface area contributed by atoms with Crippen molar-refractivity contribution in [2.24, 2.45) is 5.92 Å². The van der Waals surface area contributed by atoms with Crippen LogP contribution in [0, 0.1) is 5.92 Å². The van der Waals surface area contributed by atoms with E-state index < -0.39 is 7.14 Å². The second kappa shape index (κ2) is 6.84. The molecule has 1 aliphatic carbocycles. The normalized spacial score (nSPS) is 21.8. The van der Waals surface area contributed by atoms with Crippen molar-refractivity contribution in [2.75, 3.05) is 0 Å². The summed E-state index contributed by atoms with van der Waals surface area (Å²) < 4.78 is 14.3. The van der Waals surface area contributed by atoms with Crippen LogP contribution in [0.2, 0.25) is 0 Å². The SMILES string of the molecule is CC(=O)C1CCCCC1P(=O)(c1ccccc1)c1ccccc1. The van der Waals surface area contributed by atoms with E-state index in [0.717, 1.165) is 36.3 Å². The van der Waals surface area contributed by atoms with Crippen molar-refractivity contribution >= 4 is 23.5 Å². The van der Waals surface area contributed by atoms with Crippen LogP contribution in [0.15, 0.2) is 60.7 Å². The van der Waals surface area contributed by atoms with Crippen LogP contribution in [-0.2, 0) is 9.36 Å². The molecule has 0 amide bonds. The molecule has 1 saturated carbocycles. The van der Waals surface area contributed by atoms with E-state index in [1.165, 1.54) is 0 Å². The lowest BCUT2D eigenvalue weighted by Gasteiger charge is -2.36. The number of carbonyl (C=O) groups excluding carboxylic acids is 1. The van der Waals surface area contributed by atoms with Gasteiger partial charge in [0.25, 0.3) is 0 Å². The Labute approximate surface area is 138 Å². The molecule has 0 heterocycles. The highest BCUT2D eigenvalue weighted by Crippen LogP contribution is 2.55. The van der Waals surface area contributed by atoms with Gasteiger partial charge in [0, 0.05) is 22.2 Å². The number of ketones is 1. The molecule has 2 aromatic rings. The number of carbonyl (C=O) groups is 1. The van der Waals surface area contributed by atoms with Gasteiger partial charge in [-0.1, -0.05) is 73.5 Å². The second-order valence-corrected chi connectivity index (χ2v) is 9.41. The predicted molar refractivity (Wildman–Crippen MR) is 96.2 cm³/mol. The summed E-state index contributed by atoms with van der Waals surface area (Å²) >= 11 is 0. The molecule has 3 rings (SSSR count). The van der Waals surface area contributed by atoms with Gasteiger partial charge in [0.15, 0.2) is 0 Å². The Kier molecular flexibility index (Phi) is 4.82. The van der Waals surface area contributed by atoms with E-state index >= 15 is 0 Å². The molecule has 2 unspecified atom stereocenters. The summed E-state index contributed by atoms with van der Waals surface area (Å²) in [5, 5.41) is 1.76. The summed E-state index contributed by atoms with van der Waals surface area (Å²) in [6.45, 7) is 1.66. The second-order valence-electron chi connectivity index (χ2n) is 6.40. The van der Waals surface area contributed by atoms with Crippen molar-refractivity contribution in [2.45, 2.75) is 38.3 Å². The van der Waals surface area contributed by atoms with Crippen molar-refractivity contribution in [3.8, 4) is 0 Å². The quantitative estimate of drug-likeness (QED) is 0.791. The molecule has 0 aromatic heterocycles. The van der Waals surface area contributed by atoms with E-state index in [2.05, 4.69) is 0 Å². The van der Waals surface area contributed by atoms with Crippen molar-refractivity contribution in [1.82, 2.24) is 0 Å². The van der Waals surface area contributed by atoms with E-state index in [4.69, 9.17) is 0 Å². The number of rotatable bonds is 4. The van der Waals surface area contributed by atoms with Gasteiger partial charge in [0.05, 0.1) is 0 Å². The zero-order chi connectivity index (χ0) is 16.3. The minimum absolute atomic E-state index is 0.0708. The number of hydrogen-bond donors (Lipinski definition) is 0. The lowest BCUT2D eigenvalue weighted by Crippen LogP contribution is -2.36. The van der Waals surface area contributed by atoms with Crippen molar-refractivity contribution < 1.29 is 9.36 Å². The number of hydrogen-bond acceptors (Lipinski definition) is 2. The lowest BCUT2D eigenvalue weighted by atomic mass is 9.86. The van der Waals surface area contributed by atoms with Gasteiger partial charge in [0.2, 0.25) is 0 Å². The minimum atomic E-state index is -2.83. The van der Waals surface area contributed by atoms with Gasteiger partial charge in [-0.15, -0.1) is 0 Å². The first-order valence-electron chi connectivity index (χ1n) is 8.35. The van der Waals surface area contributed by atoms with Gasteiger partial charge in [0.1, 0.15) is 12.9 Å². The highest BCUT2D eigenvalue weighted by atomic mass is 31.2. The van der Waals surface area contributed by atoms with Gasteiger partial charge in [-0.2, -0.15) is 0 Å². The van der Waals surface area contributed by atoms with E-state index in [1.807, 2.05) is 60.7 Å². The Morgan fingerprint density at radius 2 is 1.35 bits per heavy atom. The Bertz CT molecular complexity index is 665. The van der Waals surface area contributed by atoms with Crippen LogP contribution < -0.4 is 10.6 Å². The molecule has 0 saturated heterocycles. The van der Waals surface area contributed by atoms with Crippen LogP contribution in [0.25, 0.3) is 0 Å². The third-order valence-corrected chi connectivity index (χ3v) is 8.68. The Morgan fingerprint density at radius 3 is 1.83 bits per heavy atom. The fourth-order valence-electron chi connectivity index (χ4n) is 3.85. The van der Waals surface area contributed by atoms with Crippen LogP contribution >= 0.6 is 7.14 Å². The molecule has 2 atom stereocenters. The molecule has 0 aliphatic heterocycles. The molecule has 2 nitrogen and oxygen atoms in total. The Balaban J connectivity index is 2.16. The maximum atomic E-state index is 14.3. The largest absolute Gasteiger partial charge is 0.313 e. The molecule has 0 radical (unpaired) electrons. The molecule has 0 spiro atoms. The summed E-state index contributed by atoms with van der Waals surface area (Å²) in [5.74, 6) is 0.0942. The molecular formula is C20H23O2P. The fraction of sp³-hybridized carbons (Fsp3) is 0.350. The van der Waals surface area contributed by atoms with Crippen molar-refractivity contribution in [3.63, 3.8) is 0 Å².